The largest absolute Gasteiger partial charge is 0.456 e. The molecule has 7 aromatic carbocycles. The second kappa shape index (κ2) is 11.5. The van der Waals surface area contributed by atoms with Crippen LogP contribution >= 0.6 is 0 Å². The van der Waals surface area contributed by atoms with Crippen molar-refractivity contribution in [2.45, 2.75) is 6.17 Å². The highest BCUT2D eigenvalue weighted by Crippen LogP contribution is 2.39. The molecule has 236 valence electrons. The SMILES string of the molecule is c1ccc(C2=NC(c3cccc4oc5cc(-c6ccc(-c7ccccc7)cc6)ccc5c34)NC(c3cccc4oc5ccccc5c34)=N2)cc1. The van der Waals surface area contributed by atoms with E-state index in [0.717, 1.165) is 77.5 Å². The smallest absolute Gasteiger partial charge is 0.159 e. The molecule has 1 N–H and O–H groups in total. The number of hydrogen-bond donors (Lipinski definition) is 1. The number of nitrogens with zero attached hydrogens (tertiary/aromatic N) is 2. The van der Waals surface area contributed by atoms with Gasteiger partial charge in [-0.05, 0) is 52.6 Å². The molecule has 0 bridgehead atoms. The summed E-state index contributed by atoms with van der Waals surface area (Å²) >= 11 is 0. The molecule has 5 heteroatoms. The molecule has 1 aliphatic heterocycles. The predicted molar refractivity (Wildman–Crippen MR) is 204 cm³/mol. The summed E-state index contributed by atoms with van der Waals surface area (Å²) in [4.78, 5) is 10.3. The third-order valence-electron chi connectivity index (χ3n) is 9.58. The summed E-state index contributed by atoms with van der Waals surface area (Å²) < 4.78 is 12.8. The lowest BCUT2D eigenvalue weighted by atomic mass is 9.98. The Kier molecular flexibility index (Phi) is 6.49. The summed E-state index contributed by atoms with van der Waals surface area (Å²) in [6.07, 6.45) is -0.416. The van der Waals surface area contributed by atoms with E-state index in [1.807, 2.05) is 66.7 Å². The summed E-state index contributed by atoms with van der Waals surface area (Å²) in [7, 11) is 0. The minimum Gasteiger partial charge on any atom is -0.456 e. The number of rotatable bonds is 5. The Balaban J connectivity index is 1.08. The molecular weight excluding hydrogens is 615 g/mol. The van der Waals surface area contributed by atoms with E-state index in [2.05, 4.69) is 102 Å². The first-order chi connectivity index (χ1) is 24.8. The molecule has 10 rings (SSSR count). The van der Waals surface area contributed by atoms with E-state index in [1.54, 1.807) is 0 Å². The van der Waals surface area contributed by atoms with Gasteiger partial charge in [0.2, 0.25) is 0 Å². The Morgan fingerprint density at radius 2 is 1.02 bits per heavy atom. The lowest BCUT2D eigenvalue weighted by Gasteiger charge is -2.24. The van der Waals surface area contributed by atoms with Crippen LogP contribution in [0.15, 0.2) is 183 Å². The van der Waals surface area contributed by atoms with Crippen molar-refractivity contribution in [1.29, 1.82) is 0 Å². The van der Waals surface area contributed by atoms with Crippen molar-refractivity contribution in [1.82, 2.24) is 5.32 Å². The maximum absolute atomic E-state index is 6.54. The number of fused-ring (bicyclic) bond motifs is 6. The molecule has 50 heavy (non-hydrogen) atoms. The Morgan fingerprint density at radius 3 is 1.82 bits per heavy atom. The molecule has 0 spiro atoms. The lowest BCUT2D eigenvalue weighted by Crippen LogP contribution is -2.33. The standard InChI is InChI=1S/C45H29N3O2/c1-3-11-28(12-4-1)29-21-23-30(24-22-29)32-25-26-34-40(27-32)50-39-20-10-17-36(42(34)39)45-47-43(31-13-5-2-6-14-31)46-44(48-45)35-16-9-19-38-41(35)33-15-7-8-18-37(33)49-38/h1-27,45H,(H,46,47,48). The lowest BCUT2D eigenvalue weighted by molar-refractivity contribution is 0.662. The molecule has 0 aliphatic carbocycles. The van der Waals surface area contributed by atoms with Gasteiger partial charge in [0.1, 0.15) is 34.3 Å². The number of nitrogens with one attached hydrogen (secondary N) is 1. The van der Waals surface area contributed by atoms with Crippen molar-refractivity contribution >= 4 is 55.5 Å². The van der Waals surface area contributed by atoms with Crippen LogP contribution in [0.4, 0.5) is 0 Å². The molecule has 1 unspecified atom stereocenters. The molecule has 0 radical (unpaired) electrons. The summed E-state index contributed by atoms with van der Waals surface area (Å²) in [5.74, 6) is 1.41. The second-order valence-corrected chi connectivity index (χ2v) is 12.6. The Labute approximate surface area is 287 Å². The van der Waals surface area contributed by atoms with E-state index >= 15 is 0 Å². The number of furan rings is 2. The number of amidine groups is 2. The van der Waals surface area contributed by atoms with Crippen LogP contribution in [-0.4, -0.2) is 11.7 Å². The molecule has 0 fully saturated rings. The van der Waals surface area contributed by atoms with E-state index in [1.165, 1.54) is 11.1 Å². The molecule has 1 atom stereocenters. The average Bonchev–Trinajstić information content (AvgIpc) is 3.77. The Morgan fingerprint density at radius 1 is 0.440 bits per heavy atom. The maximum atomic E-state index is 6.54. The van der Waals surface area contributed by atoms with Gasteiger partial charge in [0.05, 0.1) is 0 Å². The quantitative estimate of drug-likeness (QED) is 0.203. The number of para-hydroxylation sites is 1. The van der Waals surface area contributed by atoms with Crippen molar-refractivity contribution in [3.8, 4) is 22.3 Å². The van der Waals surface area contributed by atoms with Crippen molar-refractivity contribution in [2.24, 2.45) is 9.98 Å². The van der Waals surface area contributed by atoms with Gasteiger partial charge in [-0.1, -0.05) is 133 Å². The normalized spacial score (nSPS) is 14.6. The van der Waals surface area contributed by atoms with Gasteiger partial charge in [-0.2, -0.15) is 0 Å². The van der Waals surface area contributed by atoms with Gasteiger partial charge < -0.3 is 14.2 Å². The maximum Gasteiger partial charge on any atom is 0.159 e. The summed E-state index contributed by atoms with van der Waals surface area (Å²) in [5, 5.41) is 7.88. The highest BCUT2D eigenvalue weighted by molar-refractivity contribution is 6.22. The molecule has 9 aromatic rings. The third kappa shape index (κ3) is 4.71. The minimum absolute atomic E-state index is 0.416. The number of aliphatic imine (C=N–C) groups is 2. The van der Waals surface area contributed by atoms with Gasteiger partial charge in [0.15, 0.2) is 5.84 Å². The van der Waals surface area contributed by atoms with E-state index < -0.39 is 6.17 Å². The third-order valence-corrected chi connectivity index (χ3v) is 9.58. The van der Waals surface area contributed by atoms with Crippen molar-refractivity contribution in [2.75, 3.05) is 0 Å². The van der Waals surface area contributed by atoms with Crippen molar-refractivity contribution < 1.29 is 8.83 Å². The molecule has 3 heterocycles. The molecule has 0 saturated carbocycles. The van der Waals surface area contributed by atoms with Crippen LogP contribution in [0.1, 0.15) is 22.9 Å². The zero-order valence-corrected chi connectivity index (χ0v) is 26.9. The topological polar surface area (TPSA) is 63.0 Å². The minimum atomic E-state index is -0.416. The van der Waals surface area contributed by atoms with Gasteiger partial charge >= 0.3 is 0 Å². The number of hydrogen-bond acceptors (Lipinski definition) is 5. The van der Waals surface area contributed by atoms with Crippen molar-refractivity contribution in [3.63, 3.8) is 0 Å². The van der Waals surface area contributed by atoms with Crippen LogP contribution in [0.2, 0.25) is 0 Å². The first-order valence-electron chi connectivity index (χ1n) is 16.8. The molecule has 1 aliphatic rings. The number of benzene rings is 7. The van der Waals surface area contributed by atoms with Gasteiger partial charge in [0.25, 0.3) is 0 Å². The van der Waals surface area contributed by atoms with Crippen LogP contribution in [-0.2, 0) is 0 Å². The van der Waals surface area contributed by atoms with Gasteiger partial charge in [-0.15, -0.1) is 0 Å². The van der Waals surface area contributed by atoms with E-state index in [0.29, 0.717) is 5.84 Å². The average molecular weight is 644 g/mol. The zero-order valence-electron chi connectivity index (χ0n) is 26.9. The fraction of sp³-hybridized carbons (Fsp3) is 0.0222. The fourth-order valence-electron chi connectivity index (χ4n) is 7.18. The van der Waals surface area contributed by atoms with Crippen LogP contribution in [0.5, 0.6) is 0 Å². The van der Waals surface area contributed by atoms with Gasteiger partial charge in [-0.3, -0.25) is 0 Å². The highest BCUT2D eigenvalue weighted by Gasteiger charge is 2.26. The zero-order chi connectivity index (χ0) is 33.0. The fourth-order valence-corrected chi connectivity index (χ4v) is 7.18. The molecule has 0 amide bonds. The first-order valence-corrected chi connectivity index (χ1v) is 16.8. The summed E-state index contributed by atoms with van der Waals surface area (Å²) in [6, 6.07) is 56.3. The summed E-state index contributed by atoms with van der Waals surface area (Å²) in [6.45, 7) is 0. The van der Waals surface area contributed by atoms with E-state index in [9.17, 15) is 0 Å². The first kappa shape index (κ1) is 28.3. The Hall–Kier alpha value is -6.72. The van der Waals surface area contributed by atoms with Crippen LogP contribution in [0.25, 0.3) is 66.1 Å². The van der Waals surface area contributed by atoms with Gasteiger partial charge in [-0.25, -0.2) is 9.98 Å². The highest BCUT2D eigenvalue weighted by atomic mass is 16.3. The Bertz CT molecular complexity index is 2770. The van der Waals surface area contributed by atoms with Crippen LogP contribution in [0, 0.1) is 0 Å². The molecule has 2 aromatic heterocycles. The summed E-state index contributed by atoms with van der Waals surface area (Å²) in [5.41, 5.74) is 10.9. The monoisotopic (exact) mass is 643 g/mol. The molecule has 0 saturated heterocycles. The van der Waals surface area contributed by atoms with Crippen LogP contribution < -0.4 is 5.32 Å². The molecular formula is C45H29N3O2. The molecule has 5 nitrogen and oxygen atoms in total. The van der Waals surface area contributed by atoms with Crippen molar-refractivity contribution in [3.05, 3.63) is 180 Å². The van der Waals surface area contributed by atoms with Crippen LogP contribution in [0.3, 0.4) is 0 Å². The van der Waals surface area contributed by atoms with E-state index in [4.69, 9.17) is 18.8 Å². The van der Waals surface area contributed by atoms with E-state index in [-0.39, 0.29) is 0 Å². The second-order valence-electron chi connectivity index (χ2n) is 12.6. The predicted octanol–water partition coefficient (Wildman–Crippen LogP) is 11.3. The van der Waals surface area contributed by atoms with Gasteiger partial charge in [0, 0.05) is 38.2 Å².